The first-order chi connectivity index (χ1) is 8.66. The number of anilines is 1. The molecule has 0 atom stereocenters. The Balaban J connectivity index is 0.00000180. The number of nitrogens with one attached hydrogen (secondary N) is 1. The Morgan fingerprint density at radius 2 is 1.65 bits per heavy atom. The maximum Gasteiger partial charge on any atom is 0.225 e. The Bertz CT molecular complexity index is 440. The molecule has 1 fully saturated rings. The van der Waals surface area contributed by atoms with Gasteiger partial charge in [0.1, 0.15) is 0 Å². The van der Waals surface area contributed by atoms with E-state index >= 15 is 0 Å². The molecular weight excluding hydrogens is 303 g/mol. The van der Waals surface area contributed by atoms with E-state index < -0.39 is 0 Å². The molecule has 0 aromatic carbocycles. The van der Waals surface area contributed by atoms with Gasteiger partial charge in [-0.25, -0.2) is 9.97 Å². The zero-order chi connectivity index (χ0) is 13.0. The van der Waals surface area contributed by atoms with Crippen molar-refractivity contribution in [2.45, 2.75) is 0 Å². The van der Waals surface area contributed by atoms with Gasteiger partial charge in [0.15, 0.2) is 5.96 Å². The van der Waals surface area contributed by atoms with Gasteiger partial charge < -0.3 is 21.3 Å². The molecule has 1 aromatic heterocycles. The van der Waals surface area contributed by atoms with Crippen LogP contribution in [-0.4, -0.2) is 53.0 Å². The number of aromatic nitrogens is 2. The molecule has 8 nitrogen and oxygen atoms in total. The van der Waals surface area contributed by atoms with Crippen molar-refractivity contribution in [1.82, 2.24) is 14.9 Å². The van der Waals surface area contributed by atoms with E-state index in [0.717, 1.165) is 13.1 Å². The summed E-state index contributed by atoms with van der Waals surface area (Å²) in [7, 11) is 0. The summed E-state index contributed by atoms with van der Waals surface area (Å²) < 4.78 is 0. The third-order valence-electron chi connectivity index (χ3n) is 2.65. The van der Waals surface area contributed by atoms with E-state index in [2.05, 4.69) is 19.9 Å². The highest BCUT2D eigenvalue weighted by Gasteiger charge is 2.20. The molecule has 0 bridgehead atoms. The second-order valence-corrected chi connectivity index (χ2v) is 3.88. The first-order valence-corrected chi connectivity index (χ1v) is 5.62. The largest absolute Gasteiger partial charge is 0.370 e. The topological polar surface area (TPSA) is 121 Å². The third-order valence-corrected chi connectivity index (χ3v) is 2.65. The smallest absolute Gasteiger partial charge is 0.225 e. The van der Waals surface area contributed by atoms with Gasteiger partial charge in [-0.2, -0.15) is 4.99 Å². The first kappa shape index (κ1) is 18.2. The summed E-state index contributed by atoms with van der Waals surface area (Å²) in [6.45, 7) is 2.83. The van der Waals surface area contributed by atoms with Crippen LogP contribution in [0.2, 0.25) is 0 Å². The SMILES string of the molecule is Cl.Cl.N=C(N=C(N)N)N1CCN(c2ncccn2)CC1. The van der Waals surface area contributed by atoms with Crippen LogP contribution in [-0.2, 0) is 0 Å². The number of piperazine rings is 1. The minimum Gasteiger partial charge on any atom is -0.370 e. The van der Waals surface area contributed by atoms with E-state index in [1.54, 1.807) is 18.5 Å². The van der Waals surface area contributed by atoms with Crippen LogP contribution >= 0.6 is 24.8 Å². The summed E-state index contributed by atoms with van der Waals surface area (Å²) in [6, 6.07) is 1.79. The molecule has 0 saturated carbocycles. The van der Waals surface area contributed by atoms with Gasteiger partial charge in [-0.05, 0) is 6.07 Å². The van der Waals surface area contributed by atoms with E-state index in [1.807, 2.05) is 4.90 Å². The highest BCUT2D eigenvalue weighted by molar-refractivity contribution is 5.91. The van der Waals surface area contributed by atoms with Crippen molar-refractivity contribution in [3.8, 4) is 0 Å². The van der Waals surface area contributed by atoms with E-state index in [-0.39, 0.29) is 36.7 Å². The minimum absolute atomic E-state index is 0. The highest BCUT2D eigenvalue weighted by atomic mass is 35.5. The van der Waals surface area contributed by atoms with Crippen molar-refractivity contribution < 1.29 is 0 Å². The average molecular weight is 321 g/mol. The van der Waals surface area contributed by atoms with Crippen molar-refractivity contribution in [3.63, 3.8) is 0 Å². The summed E-state index contributed by atoms with van der Waals surface area (Å²) >= 11 is 0. The zero-order valence-corrected chi connectivity index (χ0v) is 12.4. The lowest BCUT2D eigenvalue weighted by Crippen LogP contribution is -2.49. The standard InChI is InChI=1S/C10H16N8.2ClH/c11-8(12)16-9(13)17-4-6-18(7-5-17)10-14-2-1-3-15-10;;/h1-3H,4-7H2,(H5,11,12,13,16);2*1H. The van der Waals surface area contributed by atoms with E-state index in [9.17, 15) is 0 Å². The molecular formula is C10H18Cl2N8. The second kappa shape index (κ2) is 8.39. The molecule has 1 aliphatic rings. The van der Waals surface area contributed by atoms with Crippen molar-refractivity contribution in [2.24, 2.45) is 16.5 Å². The van der Waals surface area contributed by atoms with Crippen LogP contribution in [0.5, 0.6) is 0 Å². The number of halogens is 2. The normalized spacial score (nSPS) is 13.8. The molecule has 0 unspecified atom stereocenters. The van der Waals surface area contributed by atoms with Crippen LogP contribution in [0.25, 0.3) is 0 Å². The molecule has 1 saturated heterocycles. The predicted octanol–water partition coefficient (Wildman–Crippen LogP) is -0.350. The molecule has 112 valence electrons. The molecule has 0 spiro atoms. The third kappa shape index (κ3) is 4.71. The Labute approximate surface area is 129 Å². The second-order valence-electron chi connectivity index (χ2n) is 3.88. The molecule has 5 N–H and O–H groups in total. The minimum atomic E-state index is -0.0891. The van der Waals surface area contributed by atoms with Crippen molar-refractivity contribution >= 4 is 42.7 Å². The number of rotatable bonds is 1. The summed E-state index contributed by atoms with van der Waals surface area (Å²) in [5, 5.41) is 7.71. The Morgan fingerprint density at radius 1 is 1.10 bits per heavy atom. The van der Waals surface area contributed by atoms with Crippen LogP contribution < -0.4 is 16.4 Å². The van der Waals surface area contributed by atoms with Crippen LogP contribution in [0.1, 0.15) is 0 Å². The molecule has 1 aliphatic heterocycles. The molecule has 2 rings (SSSR count). The van der Waals surface area contributed by atoms with Crippen LogP contribution in [0.3, 0.4) is 0 Å². The van der Waals surface area contributed by atoms with Gasteiger partial charge in [0.2, 0.25) is 11.9 Å². The fraction of sp³-hybridized carbons (Fsp3) is 0.400. The molecule has 0 aliphatic carbocycles. The molecule has 10 heteroatoms. The number of nitrogens with two attached hydrogens (primary N) is 2. The average Bonchev–Trinajstić information content (AvgIpc) is 2.39. The van der Waals surface area contributed by atoms with Gasteiger partial charge >= 0.3 is 0 Å². The lowest BCUT2D eigenvalue weighted by molar-refractivity contribution is 0.377. The maximum absolute atomic E-state index is 7.71. The van der Waals surface area contributed by atoms with E-state index in [4.69, 9.17) is 16.9 Å². The molecule has 20 heavy (non-hydrogen) atoms. The van der Waals surface area contributed by atoms with Gasteiger partial charge in [-0.3, -0.25) is 5.41 Å². The lowest BCUT2D eigenvalue weighted by atomic mass is 10.3. The number of guanidine groups is 2. The summed E-state index contributed by atoms with van der Waals surface area (Å²) in [6.07, 6.45) is 3.44. The Morgan fingerprint density at radius 3 is 2.15 bits per heavy atom. The Kier molecular flexibility index (Phi) is 7.63. The van der Waals surface area contributed by atoms with Gasteiger partial charge in [0.25, 0.3) is 0 Å². The summed E-state index contributed by atoms with van der Waals surface area (Å²) in [5.74, 6) is 0.725. The molecule has 0 amide bonds. The van der Waals surface area contributed by atoms with Gasteiger partial charge in [0, 0.05) is 38.6 Å². The lowest BCUT2D eigenvalue weighted by Gasteiger charge is -2.34. The van der Waals surface area contributed by atoms with Gasteiger partial charge in [-0.15, -0.1) is 24.8 Å². The highest BCUT2D eigenvalue weighted by Crippen LogP contribution is 2.09. The summed E-state index contributed by atoms with van der Waals surface area (Å²) in [5.41, 5.74) is 10.5. The van der Waals surface area contributed by atoms with E-state index in [0.29, 0.717) is 19.0 Å². The van der Waals surface area contributed by atoms with Crippen molar-refractivity contribution in [2.75, 3.05) is 31.1 Å². The number of hydrogen-bond donors (Lipinski definition) is 3. The first-order valence-electron chi connectivity index (χ1n) is 5.62. The van der Waals surface area contributed by atoms with E-state index in [1.165, 1.54) is 0 Å². The van der Waals surface area contributed by atoms with Crippen molar-refractivity contribution in [1.29, 1.82) is 5.41 Å². The molecule has 2 heterocycles. The number of aliphatic imine (C=N–C) groups is 1. The monoisotopic (exact) mass is 320 g/mol. The van der Waals surface area contributed by atoms with Crippen LogP contribution in [0.4, 0.5) is 5.95 Å². The predicted molar refractivity (Wildman–Crippen MR) is 83.9 cm³/mol. The maximum atomic E-state index is 7.71. The fourth-order valence-electron chi connectivity index (χ4n) is 1.77. The number of hydrogen-bond acceptors (Lipinski definition) is 4. The number of nitrogens with zero attached hydrogens (tertiary/aromatic N) is 5. The van der Waals surface area contributed by atoms with Gasteiger partial charge in [0.05, 0.1) is 0 Å². The molecule has 1 aromatic rings. The van der Waals surface area contributed by atoms with Crippen molar-refractivity contribution in [3.05, 3.63) is 18.5 Å². The zero-order valence-electron chi connectivity index (χ0n) is 10.8. The van der Waals surface area contributed by atoms with Gasteiger partial charge in [-0.1, -0.05) is 0 Å². The van der Waals surface area contributed by atoms with Crippen LogP contribution in [0.15, 0.2) is 23.5 Å². The van der Waals surface area contributed by atoms with Crippen LogP contribution in [0, 0.1) is 5.41 Å². The quantitative estimate of drug-likeness (QED) is 0.480. The summed E-state index contributed by atoms with van der Waals surface area (Å²) in [4.78, 5) is 16.0. The molecule has 0 radical (unpaired) electrons. The Hall–Kier alpha value is -1.80. The fourth-order valence-corrected chi connectivity index (χ4v) is 1.77.